The average molecular weight is 187 g/mol. The van der Waals surface area contributed by atoms with Gasteiger partial charge in [0.25, 0.3) is 0 Å². The summed E-state index contributed by atoms with van der Waals surface area (Å²) in [6, 6.07) is 6.24. The molecule has 0 bridgehead atoms. The lowest BCUT2D eigenvalue weighted by Crippen LogP contribution is -2.18. The van der Waals surface area contributed by atoms with Crippen LogP contribution in [0.5, 0.6) is 0 Å². The van der Waals surface area contributed by atoms with Gasteiger partial charge in [-0.05, 0) is 19.8 Å². The predicted octanol–water partition coefficient (Wildman–Crippen LogP) is 1.82. The molecule has 1 aliphatic rings. The number of aromatic nitrogens is 2. The van der Waals surface area contributed by atoms with Gasteiger partial charge in [0.2, 0.25) is 0 Å². The number of hydrogen-bond donors (Lipinski definition) is 2. The fraction of sp³-hybridized carbons (Fsp3) is 0.364. The van der Waals surface area contributed by atoms with Crippen LogP contribution in [-0.4, -0.2) is 10.2 Å². The third-order valence-corrected chi connectivity index (χ3v) is 3.10. The summed E-state index contributed by atoms with van der Waals surface area (Å²) in [5, 5.41) is 8.52. The Kier molecular flexibility index (Phi) is 1.35. The van der Waals surface area contributed by atoms with Crippen LogP contribution in [-0.2, 0) is 5.54 Å². The smallest absolute Gasteiger partial charge is 0.0974 e. The maximum absolute atomic E-state index is 6.19. The van der Waals surface area contributed by atoms with Crippen molar-refractivity contribution >= 4 is 10.9 Å². The highest BCUT2D eigenvalue weighted by molar-refractivity contribution is 5.85. The minimum atomic E-state index is -0.0961. The highest BCUT2D eigenvalue weighted by Gasteiger charge is 2.41. The highest BCUT2D eigenvalue weighted by atomic mass is 15.1. The average Bonchev–Trinajstić information content (AvgIpc) is 2.83. The molecule has 3 rings (SSSR count). The first kappa shape index (κ1) is 8.00. The molecule has 0 unspecified atom stereocenters. The summed E-state index contributed by atoms with van der Waals surface area (Å²) in [5.41, 5.74) is 9.45. The van der Waals surface area contributed by atoms with E-state index in [1.807, 2.05) is 6.92 Å². The van der Waals surface area contributed by atoms with Crippen LogP contribution in [0, 0.1) is 6.92 Å². The van der Waals surface area contributed by atoms with Crippen LogP contribution in [0.2, 0.25) is 0 Å². The van der Waals surface area contributed by atoms with Crippen molar-refractivity contribution in [1.29, 1.82) is 0 Å². The maximum Gasteiger partial charge on any atom is 0.0974 e. The normalized spacial score (nSPS) is 18.7. The first-order valence-corrected chi connectivity index (χ1v) is 4.94. The number of aromatic amines is 1. The summed E-state index contributed by atoms with van der Waals surface area (Å²) in [4.78, 5) is 0. The second kappa shape index (κ2) is 2.36. The molecule has 3 nitrogen and oxygen atoms in total. The van der Waals surface area contributed by atoms with E-state index in [0.717, 1.165) is 24.1 Å². The Balaban J connectivity index is 2.34. The summed E-state index contributed by atoms with van der Waals surface area (Å²) in [6.45, 7) is 2.04. The lowest BCUT2D eigenvalue weighted by Gasteiger charge is -2.08. The molecule has 0 atom stereocenters. The molecule has 0 radical (unpaired) electrons. The number of benzene rings is 1. The molecule has 1 aliphatic carbocycles. The van der Waals surface area contributed by atoms with Crippen molar-refractivity contribution in [2.75, 3.05) is 0 Å². The third kappa shape index (κ3) is 0.930. The van der Waals surface area contributed by atoms with E-state index in [2.05, 4.69) is 28.4 Å². The van der Waals surface area contributed by atoms with Gasteiger partial charge >= 0.3 is 0 Å². The van der Waals surface area contributed by atoms with Crippen LogP contribution in [0.15, 0.2) is 18.2 Å². The number of nitrogens with one attached hydrogen (secondary N) is 1. The quantitative estimate of drug-likeness (QED) is 0.715. The Hall–Kier alpha value is -1.35. The van der Waals surface area contributed by atoms with Crippen molar-refractivity contribution < 1.29 is 0 Å². The van der Waals surface area contributed by atoms with E-state index in [1.54, 1.807) is 0 Å². The van der Waals surface area contributed by atoms with E-state index in [4.69, 9.17) is 5.73 Å². The summed E-state index contributed by atoms with van der Waals surface area (Å²) in [6.07, 6.45) is 2.16. The summed E-state index contributed by atoms with van der Waals surface area (Å²) in [5.74, 6) is 0. The molecule has 1 saturated carbocycles. The molecule has 1 heterocycles. The van der Waals surface area contributed by atoms with Gasteiger partial charge in [-0.2, -0.15) is 5.10 Å². The van der Waals surface area contributed by atoms with Crippen molar-refractivity contribution in [3.63, 3.8) is 0 Å². The van der Waals surface area contributed by atoms with Crippen molar-refractivity contribution in [2.45, 2.75) is 25.3 Å². The van der Waals surface area contributed by atoms with Gasteiger partial charge in [0, 0.05) is 22.2 Å². The Bertz CT molecular complexity index is 494. The van der Waals surface area contributed by atoms with E-state index in [-0.39, 0.29) is 5.54 Å². The number of fused-ring (bicyclic) bond motifs is 1. The predicted molar refractivity (Wildman–Crippen MR) is 55.9 cm³/mol. The van der Waals surface area contributed by atoms with Crippen LogP contribution in [0.25, 0.3) is 10.9 Å². The van der Waals surface area contributed by atoms with Gasteiger partial charge < -0.3 is 5.73 Å². The number of aryl methyl sites for hydroxylation is 1. The van der Waals surface area contributed by atoms with Crippen LogP contribution >= 0.6 is 0 Å². The van der Waals surface area contributed by atoms with E-state index in [9.17, 15) is 0 Å². The minimum Gasteiger partial charge on any atom is -0.321 e. The molecule has 72 valence electrons. The van der Waals surface area contributed by atoms with Gasteiger partial charge in [0.1, 0.15) is 0 Å². The minimum absolute atomic E-state index is 0.0961. The number of hydrogen-bond acceptors (Lipinski definition) is 2. The molecule has 3 N–H and O–H groups in total. The van der Waals surface area contributed by atoms with Gasteiger partial charge in [0.15, 0.2) is 0 Å². The Labute approximate surface area is 82.3 Å². The van der Waals surface area contributed by atoms with Crippen LogP contribution in [0.1, 0.15) is 24.1 Å². The Morgan fingerprint density at radius 2 is 2.21 bits per heavy atom. The van der Waals surface area contributed by atoms with Crippen molar-refractivity contribution in [3.05, 3.63) is 29.5 Å². The molecule has 1 aromatic carbocycles. The van der Waals surface area contributed by atoms with Gasteiger partial charge in [-0.3, -0.25) is 5.10 Å². The van der Waals surface area contributed by atoms with E-state index >= 15 is 0 Å². The Morgan fingerprint density at radius 1 is 1.43 bits per heavy atom. The van der Waals surface area contributed by atoms with Crippen LogP contribution in [0.3, 0.4) is 0 Å². The van der Waals surface area contributed by atoms with Gasteiger partial charge in [0.05, 0.1) is 5.52 Å². The zero-order valence-electron chi connectivity index (χ0n) is 8.17. The first-order chi connectivity index (χ1) is 6.71. The number of rotatable bonds is 1. The van der Waals surface area contributed by atoms with Gasteiger partial charge in [-0.25, -0.2) is 0 Å². The zero-order valence-corrected chi connectivity index (χ0v) is 8.17. The molecule has 3 heteroatoms. The summed E-state index contributed by atoms with van der Waals surface area (Å²) < 4.78 is 0. The lowest BCUT2D eigenvalue weighted by atomic mass is 10.0. The van der Waals surface area contributed by atoms with E-state index in [1.165, 1.54) is 10.9 Å². The molecule has 1 fully saturated rings. The molecule has 1 aromatic heterocycles. The molecule has 0 aliphatic heterocycles. The zero-order chi connectivity index (χ0) is 9.76. The van der Waals surface area contributed by atoms with E-state index in [0.29, 0.717) is 0 Å². The molecular formula is C11H13N3. The number of nitrogens with zero attached hydrogens (tertiary/aromatic N) is 1. The van der Waals surface area contributed by atoms with Crippen LogP contribution in [0.4, 0.5) is 0 Å². The summed E-state index contributed by atoms with van der Waals surface area (Å²) >= 11 is 0. The molecule has 0 amide bonds. The molecule has 2 aromatic rings. The third-order valence-electron chi connectivity index (χ3n) is 3.10. The topological polar surface area (TPSA) is 54.7 Å². The first-order valence-electron chi connectivity index (χ1n) is 4.94. The molecule has 0 saturated heterocycles. The molecule has 14 heavy (non-hydrogen) atoms. The summed E-state index contributed by atoms with van der Waals surface area (Å²) in [7, 11) is 0. The standard InChI is InChI=1S/C11H13N3/c1-7-8-3-2-4-9(10(8)14-13-7)11(12)5-6-11/h2-4H,5-6,12H2,1H3,(H,13,14). The highest BCUT2D eigenvalue weighted by Crippen LogP contribution is 2.44. The molecular weight excluding hydrogens is 174 g/mol. The van der Waals surface area contributed by atoms with Gasteiger partial charge in [-0.1, -0.05) is 18.2 Å². The second-order valence-electron chi connectivity index (χ2n) is 4.21. The van der Waals surface area contributed by atoms with Gasteiger partial charge in [-0.15, -0.1) is 0 Å². The Morgan fingerprint density at radius 3 is 2.93 bits per heavy atom. The van der Waals surface area contributed by atoms with Crippen molar-refractivity contribution in [3.8, 4) is 0 Å². The largest absolute Gasteiger partial charge is 0.321 e. The van der Waals surface area contributed by atoms with Crippen LogP contribution < -0.4 is 5.73 Å². The lowest BCUT2D eigenvalue weighted by molar-refractivity contribution is 0.745. The molecule has 0 spiro atoms. The number of para-hydroxylation sites is 1. The maximum atomic E-state index is 6.19. The SMILES string of the molecule is Cc1[nH]nc2c(C3(N)CC3)cccc12. The fourth-order valence-electron chi connectivity index (χ4n) is 1.97. The van der Waals surface area contributed by atoms with E-state index < -0.39 is 0 Å². The number of nitrogens with two attached hydrogens (primary N) is 1. The number of H-pyrrole nitrogens is 1. The second-order valence-corrected chi connectivity index (χ2v) is 4.21. The fourth-order valence-corrected chi connectivity index (χ4v) is 1.97. The van der Waals surface area contributed by atoms with Crippen molar-refractivity contribution in [1.82, 2.24) is 10.2 Å². The van der Waals surface area contributed by atoms with Crippen molar-refractivity contribution in [2.24, 2.45) is 5.73 Å². The monoisotopic (exact) mass is 187 g/mol.